The summed E-state index contributed by atoms with van der Waals surface area (Å²) in [6, 6.07) is 1.85. The molecule has 122 valence electrons. The van der Waals surface area contributed by atoms with Gasteiger partial charge in [-0.25, -0.2) is 8.42 Å². The highest BCUT2D eigenvalue weighted by Crippen LogP contribution is 2.19. The number of sulfone groups is 1. The predicted molar refractivity (Wildman–Crippen MR) is 84.2 cm³/mol. The van der Waals surface area contributed by atoms with E-state index in [9.17, 15) is 13.2 Å². The lowest BCUT2D eigenvalue weighted by Gasteiger charge is -2.28. The quantitative estimate of drug-likeness (QED) is 0.846. The monoisotopic (exact) mass is 326 g/mol. The molecule has 0 unspecified atom stereocenters. The predicted octanol–water partition coefficient (Wildman–Crippen LogP) is 0.474. The maximum Gasteiger partial charge on any atom is 0.238 e. The van der Waals surface area contributed by atoms with Crippen molar-refractivity contribution in [1.82, 2.24) is 15.1 Å². The molecule has 0 aromatic carbocycles. The van der Waals surface area contributed by atoms with E-state index in [1.165, 1.54) is 0 Å². The number of rotatable bonds is 5. The molecular weight excluding hydrogens is 304 g/mol. The van der Waals surface area contributed by atoms with Crippen LogP contribution < -0.4 is 5.32 Å². The van der Waals surface area contributed by atoms with Crippen molar-refractivity contribution in [3.05, 3.63) is 17.3 Å². The molecule has 0 atom stereocenters. The first-order valence-electron chi connectivity index (χ1n) is 7.32. The number of nitrogens with zero attached hydrogens (tertiary/aromatic N) is 3. The lowest BCUT2D eigenvalue weighted by molar-refractivity contribution is -0.129. The normalized spacial score (nSPS) is 14.8. The number of amides is 1. The number of anilines is 1. The number of aromatic nitrogens is 2. The van der Waals surface area contributed by atoms with Gasteiger partial charge >= 0.3 is 0 Å². The van der Waals surface area contributed by atoms with E-state index < -0.39 is 15.6 Å². The van der Waals surface area contributed by atoms with Gasteiger partial charge in [0.15, 0.2) is 9.84 Å². The van der Waals surface area contributed by atoms with Crippen LogP contribution in [0.15, 0.2) is 6.07 Å². The molecule has 2 heterocycles. The zero-order valence-electron chi connectivity index (χ0n) is 13.2. The molecule has 0 radical (unpaired) electrons. The molecule has 7 nitrogen and oxygen atoms in total. The third kappa shape index (κ3) is 4.16. The standard InChI is InChI=1S/C14H22N4O3S/c1-10(2)8-22(20,21)9-14(19)18-5-4-12-11(7-18)6-13(15-3)17-16-12/h6,10H,4-5,7-9H2,1-3H3,(H,15,17). The van der Waals surface area contributed by atoms with E-state index in [0.717, 1.165) is 11.3 Å². The highest BCUT2D eigenvalue weighted by Gasteiger charge is 2.26. The van der Waals surface area contributed by atoms with Crippen LogP contribution in [-0.4, -0.2) is 54.5 Å². The van der Waals surface area contributed by atoms with E-state index in [4.69, 9.17) is 0 Å². The summed E-state index contributed by atoms with van der Waals surface area (Å²) in [7, 11) is -1.60. The van der Waals surface area contributed by atoms with Crippen molar-refractivity contribution in [2.24, 2.45) is 5.92 Å². The summed E-state index contributed by atoms with van der Waals surface area (Å²) < 4.78 is 23.9. The molecule has 1 aliphatic heterocycles. The third-order valence-electron chi connectivity index (χ3n) is 3.48. The topological polar surface area (TPSA) is 92.3 Å². The molecule has 2 rings (SSSR count). The van der Waals surface area contributed by atoms with Gasteiger partial charge in [0.1, 0.15) is 11.6 Å². The summed E-state index contributed by atoms with van der Waals surface area (Å²) in [6.07, 6.45) is 0.599. The Kier molecular flexibility index (Phi) is 5.00. The van der Waals surface area contributed by atoms with Crippen molar-refractivity contribution in [1.29, 1.82) is 0 Å². The Morgan fingerprint density at radius 1 is 1.41 bits per heavy atom. The summed E-state index contributed by atoms with van der Waals surface area (Å²) in [4.78, 5) is 13.8. The highest BCUT2D eigenvalue weighted by molar-refractivity contribution is 7.92. The van der Waals surface area contributed by atoms with Crippen LogP contribution in [0.25, 0.3) is 0 Å². The number of hydrogen-bond acceptors (Lipinski definition) is 6. The van der Waals surface area contributed by atoms with E-state index in [1.807, 2.05) is 19.9 Å². The number of fused-ring (bicyclic) bond motifs is 1. The first-order chi connectivity index (χ1) is 10.3. The summed E-state index contributed by atoms with van der Waals surface area (Å²) >= 11 is 0. The minimum absolute atomic E-state index is 0.0216. The molecule has 0 bridgehead atoms. The second kappa shape index (κ2) is 6.60. The molecule has 0 spiro atoms. The van der Waals surface area contributed by atoms with E-state index in [0.29, 0.717) is 25.3 Å². The number of hydrogen-bond donors (Lipinski definition) is 1. The molecule has 1 N–H and O–H groups in total. The molecular formula is C14H22N4O3S. The lowest BCUT2D eigenvalue weighted by Crippen LogP contribution is -2.40. The summed E-state index contributed by atoms with van der Waals surface area (Å²) in [5.41, 5.74) is 1.79. The van der Waals surface area contributed by atoms with E-state index in [-0.39, 0.29) is 17.6 Å². The fourth-order valence-electron chi connectivity index (χ4n) is 2.51. The van der Waals surface area contributed by atoms with Crippen LogP contribution in [0.4, 0.5) is 5.82 Å². The van der Waals surface area contributed by atoms with Gasteiger partial charge in [-0.15, -0.1) is 5.10 Å². The zero-order chi connectivity index (χ0) is 16.3. The third-order valence-corrected chi connectivity index (χ3v) is 5.34. The molecule has 1 aromatic rings. The van der Waals surface area contributed by atoms with Gasteiger partial charge in [0, 0.05) is 26.6 Å². The van der Waals surface area contributed by atoms with Crippen LogP contribution in [-0.2, 0) is 27.6 Å². The van der Waals surface area contributed by atoms with E-state index in [1.54, 1.807) is 11.9 Å². The van der Waals surface area contributed by atoms with Crippen LogP contribution in [0.3, 0.4) is 0 Å². The first-order valence-corrected chi connectivity index (χ1v) is 9.14. The van der Waals surface area contributed by atoms with Gasteiger partial charge in [-0.05, 0) is 17.5 Å². The summed E-state index contributed by atoms with van der Waals surface area (Å²) in [6.45, 7) is 4.53. The number of carbonyl (C=O) groups excluding carboxylic acids is 1. The van der Waals surface area contributed by atoms with Gasteiger partial charge in [0.25, 0.3) is 0 Å². The molecule has 22 heavy (non-hydrogen) atoms. The maximum atomic E-state index is 12.3. The molecule has 0 fully saturated rings. The molecule has 0 saturated heterocycles. The SMILES string of the molecule is CNc1cc2c(nn1)CCN(C(=O)CS(=O)(=O)CC(C)C)C2. The minimum atomic E-state index is -3.35. The Morgan fingerprint density at radius 2 is 2.14 bits per heavy atom. The van der Waals surface area contributed by atoms with Crippen molar-refractivity contribution in [3.63, 3.8) is 0 Å². The highest BCUT2D eigenvalue weighted by atomic mass is 32.2. The van der Waals surface area contributed by atoms with Crippen LogP contribution in [0.2, 0.25) is 0 Å². The second-order valence-corrected chi connectivity index (χ2v) is 8.07. The average Bonchev–Trinajstić information content (AvgIpc) is 2.44. The van der Waals surface area contributed by atoms with Crippen LogP contribution in [0, 0.1) is 5.92 Å². The van der Waals surface area contributed by atoms with Crippen molar-refractivity contribution in [3.8, 4) is 0 Å². The number of carbonyl (C=O) groups is 1. The van der Waals surface area contributed by atoms with Gasteiger partial charge in [-0.3, -0.25) is 4.79 Å². The van der Waals surface area contributed by atoms with Crippen LogP contribution in [0.1, 0.15) is 25.1 Å². The van der Waals surface area contributed by atoms with E-state index >= 15 is 0 Å². The Balaban J connectivity index is 2.07. The second-order valence-electron chi connectivity index (χ2n) is 5.97. The van der Waals surface area contributed by atoms with Crippen molar-refractivity contribution in [2.45, 2.75) is 26.8 Å². The molecule has 1 aliphatic rings. The van der Waals surface area contributed by atoms with Gasteiger partial charge in [0.2, 0.25) is 5.91 Å². The Morgan fingerprint density at radius 3 is 2.77 bits per heavy atom. The summed E-state index contributed by atoms with van der Waals surface area (Å²) in [5, 5.41) is 11.0. The molecule has 0 saturated carbocycles. The van der Waals surface area contributed by atoms with Crippen LogP contribution in [0.5, 0.6) is 0 Å². The minimum Gasteiger partial charge on any atom is -0.372 e. The smallest absolute Gasteiger partial charge is 0.238 e. The summed E-state index contributed by atoms with van der Waals surface area (Å²) in [5.74, 6) is -0.0563. The Bertz CT molecular complexity index is 658. The lowest BCUT2D eigenvalue weighted by atomic mass is 10.1. The Labute approximate surface area is 131 Å². The van der Waals surface area contributed by atoms with Crippen molar-refractivity contribution in [2.75, 3.05) is 30.4 Å². The van der Waals surface area contributed by atoms with E-state index in [2.05, 4.69) is 15.5 Å². The van der Waals surface area contributed by atoms with Gasteiger partial charge < -0.3 is 10.2 Å². The fourth-order valence-corrected chi connectivity index (χ4v) is 4.20. The van der Waals surface area contributed by atoms with Gasteiger partial charge in [-0.1, -0.05) is 13.8 Å². The average molecular weight is 326 g/mol. The molecule has 0 aliphatic carbocycles. The van der Waals surface area contributed by atoms with Crippen LogP contribution >= 0.6 is 0 Å². The van der Waals surface area contributed by atoms with Crippen molar-refractivity contribution < 1.29 is 13.2 Å². The van der Waals surface area contributed by atoms with Gasteiger partial charge in [-0.2, -0.15) is 5.10 Å². The first kappa shape index (κ1) is 16.7. The zero-order valence-corrected chi connectivity index (χ0v) is 14.0. The molecule has 8 heteroatoms. The Hall–Kier alpha value is -1.70. The number of nitrogens with one attached hydrogen (secondary N) is 1. The fraction of sp³-hybridized carbons (Fsp3) is 0.643. The molecule has 1 aromatic heterocycles. The maximum absolute atomic E-state index is 12.3. The molecule has 1 amide bonds. The largest absolute Gasteiger partial charge is 0.372 e. The van der Waals surface area contributed by atoms with Gasteiger partial charge in [0.05, 0.1) is 11.4 Å². The van der Waals surface area contributed by atoms with Crippen molar-refractivity contribution >= 4 is 21.6 Å².